The molecule has 0 saturated heterocycles. The highest BCUT2D eigenvalue weighted by molar-refractivity contribution is 7.93. The Morgan fingerprint density at radius 1 is 1.18 bits per heavy atom. The van der Waals surface area contributed by atoms with Gasteiger partial charge in [0.2, 0.25) is 15.9 Å². The van der Waals surface area contributed by atoms with Gasteiger partial charge in [-0.1, -0.05) is 19.9 Å². The number of carbonyl (C=O) groups excluding carboxylic acids is 1. The summed E-state index contributed by atoms with van der Waals surface area (Å²) in [6.45, 7) is 8.34. The Labute approximate surface area is 132 Å². The van der Waals surface area contributed by atoms with Gasteiger partial charge in [-0.15, -0.1) is 0 Å². The van der Waals surface area contributed by atoms with Crippen molar-refractivity contribution in [1.29, 1.82) is 0 Å². The number of amides is 1. The van der Waals surface area contributed by atoms with Crippen molar-refractivity contribution in [1.82, 2.24) is 4.90 Å². The molecule has 122 valence electrons. The van der Waals surface area contributed by atoms with Crippen molar-refractivity contribution >= 4 is 21.6 Å². The summed E-state index contributed by atoms with van der Waals surface area (Å²) < 4.78 is 26.5. The fourth-order valence-corrected chi connectivity index (χ4v) is 3.15. The van der Waals surface area contributed by atoms with Gasteiger partial charge in [0.25, 0.3) is 0 Å². The number of anilines is 1. The monoisotopic (exact) mass is 324 g/mol. The summed E-state index contributed by atoms with van der Waals surface area (Å²) in [5.41, 5.74) is 2.76. The average Bonchev–Trinajstić information content (AvgIpc) is 2.45. The second kappa shape index (κ2) is 6.28. The van der Waals surface area contributed by atoms with E-state index >= 15 is 0 Å². The van der Waals surface area contributed by atoms with Crippen LogP contribution in [0.25, 0.3) is 0 Å². The van der Waals surface area contributed by atoms with Gasteiger partial charge in [-0.05, 0) is 43.5 Å². The topological polar surface area (TPSA) is 66.5 Å². The maximum atomic E-state index is 12.1. The fourth-order valence-electron chi connectivity index (χ4n) is 2.46. The van der Waals surface area contributed by atoms with Crippen LogP contribution in [0.5, 0.6) is 0 Å². The van der Waals surface area contributed by atoms with Crippen LogP contribution in [0.3, 0.4) is 0 Å². The molecule has 1 aliphatic heterocycles. The number of sulfonamides is 1. The number of nitrogens with zero attached hydrogens (tertiary/aromatic N) is 1. The first-order valence-corrected chi connectivity index (χ1v) is 9.17. The summed E-state index contributed by atoms with van der Waals surface area (Å²) in [5.74, 6) is 0.114. The number of fused-ring (bicyclic) bond motifs is 1. The van der Waals surface area contributed by atoms with Crippen molar-refractivity contribution in [2.24, 2.45) is 5.92 Å². The summed E-state index contributed by atoms with van der Waals surface area (Å²) in [6.07, 6.45) is 0.811. The van der Waals surface area contributed by atoms with E-state index in [-0.39, 0.29) is 11.8 Å². The third-order valence-corrected chi connectivity index (χ3v) is 5.67. The first kappa shape index (κ1) is 16.8. The van der Waals surface area contributed by atoms with Gasteiger partial charge in [0.1, 0.15) is 0 Å². The smallest absolute Gasteiger partial charge is 0.235 e. The number of benzene rings is 1. The number of carbonyl (C=O) groups is 1. The Balaban J connectivity index is 2.21. The Morgan fingerprint density at radius 2 is 1.86 bits per heavy atom. The predicted octanol–water partition coefficient (Wildman–Crippen LogP) is 2.38. The molecule has 1 heterocycles. The maximum absolute atomic E-state index is 12.1. The highest BCUT2D eigenvalue weighted by atomic mass is 32.2. The lowest BCUT2D eigenvalue weighted by molar-refractivity contribution is -0.135. The van der Waals surface area contributed by atoms with E-state index in [4.69, 9.17) is 0 Å². The Morgan fingerprint density at radius 3 is 2.45 bits per heavy atom. The molecule has 0 atom stereocenters. The fraction of sp³-hybridized carbons (Fsp3) is 0.562. The van der Waals surface area contributed by atoms with Crippen LogP contribution < -0.4 is 4.72 Å². The Hall–Kier alpha value is -1.56. The second-order valence-corrected chi connectivity index (χ2v) is 8.58. The quantitative estimate of drug-likeness (QED) is 0.924. The highest BCUT2D eigenvalue weighted by Crippen LogP contribution is 2.24. The van der Waals surface area contributed by atoms with E-state index in [0.29, 0.717) is 12.2 Å². The van der Waals surface area contributed by atoms with E-state index in [1.54, 1.807) is 19.9 Å². The third-order valence-electron chi connectivity index (χ3n) is 3.90. The van der Waals surface area contributed by atoms with E-state index in [1.165, 1.54) is 5.56 Å². The summed E-state index contributed by atoms with van der Waals surface area (Å²) in [7, 11) is -3.35. The van der Waals surface area contributed by atoms with E-state index in [0.717, 1.165) is 18.5 Å². The van der Waals surface area contributed by atoms with Gasteiger partial charge in [0, 0.05) is 24.7 Å². The minimum absolute atomic E-state index is 0.0239. The lowest BCUT2D eigenvalue weighted by Crippen LogP contribution is -2.38. The lowest BCUT2D eigenvalue weighted by atomic mass is 9.98. The van der Waals surface area contributed by atoms with Crippen molar-refractivity contribution in [2.75, 3.05) is 11.3 Å². The normalized spacial score (nSPS) is 15.1. The standard InChI is InChI=1S/C16H24N2O3S/c1-11(2)16(19)18-8-7-13-5-6-15(9-14(13)10-18)17-22(20,21)12(3)4/h5-6,9,11-12,17H,7-8,10H2,1-4H3. The molecule has 22 heavy (non-hydrogen) atoms. The van der Waals surface area contributed by atoms with Crippen LogP contribution in [0.1, 0.15) is 38.8 Å². The van der Waals surface area contributed by atoms with Crippen molar-refractivity contribution in [3.63, 3.8) is 0 Å². The predicted molar refractivity (Wildman–Crippen MR) is 88.1 cm³/mol. The average molecular weight is 324 g/mol. The van der Waals surface area contributed by atoms with E-state index in [2.05, 4.69) is 4.72 Å². The number of hydrogen-bond acceptors (Lipinski definition) is 3. The van der Waals surface area contributed by atoms with Gasteiger partial charge in [-0.2, -0.15) is 0 Å². The lowest BCUT2D eigenvalue weighted by Gasteiger charge is -2.30. The minimum atomic E-state index is -3.35. The van der Waals surface area contributed by atoms with E-state index in [1.807, 2.05) is 30.9 Å². The zero-order valence-electron chi connectivity index (χ0n) is 13.6. The van der Waals surface area contributed by atoms with Crippen molar-refractivity contribution in [2.45, 2.75) is 45.9 Å². The molecular weight excluding hydrogens is 300 g/mol. The first-order chi connectivity index (χ1) is 10.2. The minimum Gasteiger partial charge on any atom is -0.338 e. The Kier molecular flexibility index (Phi) is 4.80. The molecule has 1 aliphatic rings. The zero-order chi connectivity index (χ0) is 16.5. The van der Waals surface area contributed by atoms with Gasteiger partial charge in [-0.3, -0.25) is 9.52 Å². The third kappa shape index (κ3) is 3.61. The molecule has 0 spiro atoms. The van der Waals surface area contributed by atoms with Crippen molar-refractivity contribution in [3.05, 3.63) is 29.3 Å². The summed E-state index contributed by atoms with van der Waals surface area (Å²) in [5, 5.41) is -0.484. The maximum Gasteiger partial charge on any atom is 0.235 e. The first-order valence-electron chi connectivity index (χ1n) is 7.63. The molecule has 0 radical (unpaired) electrons. The molecule has 1 aromatic carbocycles. The molecule has 0 bridgehead atoms. The highest BCUT2D eigenvalue weighted by Gasteiger charge is 2.23. The van der Waals surface area contributed by atoms with Crippen LogP contribution in [0, 0.1) is 5.92 Å². The van der Waals surface area contributed by atoms with Crippen LogP contribution >= 0.6 is 0 Å². The summed E-state index contributed by atoms with van der Waals surface area (Å²) in [6, 6.07) is 5.58. The summed E-state index contributed by atoms with van der Waals surface area (Å²) >= 11 is 0. The molecule has 1 aromatic rings. The van der Waals surface area contributed by atoms with Crippen molar-refractivity contribution in [3.8, 4) is 0 Å². The Bertz CT molecular complexity index is 666. The molecule has 0 saturated carbocycles. The molecule has 0 aliphatic carbocycles. The van der Waals surface area contributed by atoms with E-state index in [9.17, 15) is 13.2 Å². The number of rotatable bonds is 4. The van der Waals surface area contributed by atoms with Gasteiger partial charge in [-0.25, -0.2) is 8.42 Å². The molecule has 5 nitrogen and oxygen atoms in total. The van der Waals surface area contributed by atoms with Gasteiger partial charge >= 0.3 is 0 Å². The number of hydrogen-bond donors (Lipinski definition) is 1. The molecule has 0 unspecified atom stereocenters. The second-order valence-electron chi connectivity index (χ2n) is 6.34. The van der Waals surface area contributed by atoms with Crippen LogP contribution in [0.2, 0.25) is 0 Å². The number of nitrogens with one attached hydrogen (secondary N) is 1. The molecule has 2 rings (SSSR count). The molecule has 0 fully saturated rings. The van der Waals surface area contributed by atoms with Gasteiger partial charge in [0.15, 0.2) is 0 Å². The zero-order valence-corrected chi connectivity index (χ0v) is 14.4. The van der Waals surface area contributed by atoms with E-state index < -0.39 is 15.3 Å². The van der Waals surface area contributed by atoms with Crippen LogP contribution in [0.4, 0.5) is 5.69 Å². The van der Waals surface area contributed by atoms with Gasteiger partial charge < -0.3 is 4.90 Å². The van der Waals surface area contributed by atoms with Crippen LogP contribution in [0.15, 0.2) is 18.2 Å². The molecule has 1 N–H and O–H groups in total. The van der Waals surface area contributed by atoms with Gasteiger partial charge in [0.05, 0.1) is 5.25 Å². The largest absolute Gasteiger partial charge is 0.338 e. The molecule has 0 aromatic heterocycles. The summed E-state index contributed by atoms with van der Waals surface area (Å²) in [4.78, 5) is 14.0. The molecule has 6 heteroatoms. The van der Waals surface area contributed by atoms with Crippen LogP contribution in [-0.2, 0) is 27.8 Å². The molecule has 1 amide bonds. The van der Waals surface area contributed by atoms with Crippen molar-refractivity contribution < 1.29 is 13.2 Å². The van der Waals surface area contributed by atoms with Crippen LogP contribution in [-0.4, -0.2) is 31.0 Å². The SMILES string of the molecule is CC(C)C(=O)N1CCc2ccc(NS(=O)(=O)C(C)C)cc2C1. The molecular formula is C16H24N2O3S.